The second kappa shape index (κ2) is 7.26. The van der Waals surface area contributed by atoms with Gasteiger partial charge in [0.15, 0.2) is 5.78 Å². The third-order valence-corrected chi connectivity index (χ3v) is 4.12. The molecule has 0 atom stereocenters. The van der Waals surface area contributed by atoms with Gasteiger partial charge in [-0.15, -0.1) is 0 Å². The Bertz CT molecular complexity index is 941. The summed E-state index contributed by atoms with van der Waals surface area (Å²) in [5.74, 6) is -0.364. The molecule has 0 aliphatic carbocycles. The molecule has 0 bridgehead atoms. The van der Waals surface area contributed by atoms with Crippen molar-refractivity contribution in [3.8, 4) is 0 Å². The summed E-state index contributed by atoms with van der Waals surface area (Å²) in [4.78, 5) is 24.4. The first-order valence-electron chi connectivity index (χ1n) is 8.05. The lowest BCUT2D eigenvalue weighted by atomic mass is 10.0. The highest BCUT2D eigenvalue weighted by atomic mass is 19.1. The van der Waals surface area contributed by atoms with E-state index in [1.165, 1.54) is 16.7 Å². The zero-order valence-corrected chi connectivity index (χ0v) is 13.9. The summed E-state index contributed by atoms with van der Waals surface area (Å²) < 4.78 is 14.4. The molecule has 3 aromatic rings. The van der Waals surface area contributed by atoms with Crippen molar-refractivity contribution in [3.63, 3.8) is 0 Å². The Balaban J connectivity index is 1.71. The number of hydrogen-bond acceptors (Lipinski definition) is 2. The van der Waals surface area contributed by atoms with E-state index in [9.17, 15) is 14.0 Å². The minimum atomic E-state index is -0.254. The lowest BCUT2D eigenvalue weighted by Gasteiger charge is -2.07. The number of nitrogens with zero attached hydrogens (tertiary/aromatic N) is 1. The van der Waals surface area contributed by atoms with Crippen molar-refractivity contribution in [2.75, 3.05) is 0 Å². The van der Waals surface area contributed by atoms with Crippen LogP contribution in [0.1, 0.15) is 27.0 Å². The van der Waals surface area contributed by atoms with Crippen LogP contribution in [0.15, 0.2) is 71.7 Å². The van der Waals surface area contributed by atoms with Gasteiger partial charge in [-0.3, -0.25) is 9.59 Å². The van der Waals surface area contributed by atoms with Crippen LogP contribution in [-0.2, 0) is 13.0 Å². The topological polar surface area (TPSA) is 39.1 Å². The third kappa shape index (κ3) is 4.10. The maximum Gasteiger partial charge on any atom is 0.253 e. The Labute approximate surface area is 145 Å². The molecule has 0 saturated heterocycles. The number of aromatic nitrogens is 1. The average molecular weight is 335 g/mol. The lowest BCUT2D eigenvalue weighted by molar-refractivity contribution is 0.0971. The highest BCUT2D eigenvalue weighted by molar-refractivity contribution is 5.95. The Kier molecular flexibility index (Phi) is 4.89. The summed E-state index contributed by atoms with van der Waals surface area (Å²) in [6.07, 6.45) is 2.29. The van der Waals surface area contributed by atoms with Crippen molar-refractivity contribution in [3.05, 3.63) is 105 Å². The van der Waals surface area contributed by atoms with Crippen molar-refractivity contribution in [1.82, 2.24) is 4.57 Å². The minimum absolute atomic E-state index is 0.0256. The van der Waals surface area contributed by atoms with Crippen molar-refractivity contribution in [2.45, 2.75) is 19.9 Å². The van der Waals surface area contributed by atoms with E-state index in [0.29, 0.717) is 17.5 Å². The van der Waals surface area contributed by atoms with E-state index in [-0.39, 0.29) is 23.7 Å². The number of halogens is 1. The van der Waals surface area contributed by atoms with E-state index >= 15 is 0 Å². The molecular weight excluding hydrogens is 317 g/mol. The van der Waals surface area contributed by atoms with Crippen LogP contribution in [0.2, 0.25) is 0 Å². The Morgan fingerprint density at radius 3 is 2.20 bits per heavy atom. The van der Waals surface area contributed by atoms with E-state index in [0.717, 1.165) is 11.1 Å². The minimum Gasteiger partial charge on any atom is -0.308 e. The highest BCUT2D eigenvalue weighted by Crippen LogP contribution is 2.12. The van der Waals surface area contributed by atoms with Crippen molar-refractivity contribution >= 4 is 5.78 Å². The van der Waals surface area contributed by atoms with Gasteiger partial charge in [0.25, 0.3) is 5.56 Å². The maximum absolute atomic E-state index is 12.9. The fraction of sp³-hybridized carbons (Fsp3) is 0.143. The zero-order chi connectivity index (χ0) is 17.8. The lowest BCUT2D eigenvalue weighted by Crippen LogP contribution is -2.25. The predicted octanol–water partition coefficient (Wildman–Crippen LogP) is 3.77. The average Bonchev–Trinajstić information content (AvgIpc) is 2.61. The van der Waals surface area contributed by atoms with Crippen LogP contribution in [0, 0.1) is 12.7 Å². The molecule has 3 nitrogen and oxygen atoms in total. The monoisotopic (exact) mass is 335 g/mol. The fourth-order valence-electron chi connectivity index (χ4n) is 2.67. The van der Waals surface area contributed by atoms with Gasteiger partial charge in [0.2, 0.25) is 0 Å². The number of Topliss-reactive ketones (excluding diaryl/α,β-unsaturated/α-hetero) is 1. The van der Waals surface area contributed by atoms with Crippen LogP contribution in [0.3, 0.4) is 0 Å². The standard InChI is InChI=1S/C21H18FNO2/c1-15-3-2-12-23(21(15)25)14-20(24)18-8-4-16(5-9-18)13-17-6-10-19(22)11-7-17/h2-12H,13-14H2,1H3. The Morgan fingerprint density at radius 2 is 1.56 bits per heavy atom. The van der Waals surface area contributed by atoms with E-state index in [1.54, 1.807) is 49.5 Å². The summed E-state index contributed by atoms with van der Waals surface area (Å²) in [5.41, 5.74) is 3.08. The van der Waals surface area contributed by atoms with Crippen LogP contribution >= 0.6 is 0 Å². The molecule has 0 N–H and O–H groups in total. The molecule has 0 radical (unpaired) electrons. The highest BCUT2D eigenvalue weighted by Gasteiger charge is 2.09. The van der Waals surface area contributed by atoms with Crippen LogP contribution in [-0.4, -0.2) is 10.4 Å². The molecule has 1 aromatic heterocycles. The van der Waals surface area contributed by atoms with Gasteiger partial charge in [-0.2, -0.15) is 0 Å². The van der Waals surface area contributed by atoms with E-state index in [4.69, 9.17) is 0 Å². The maximum atomic E-state index is 12.9. The van der Waals surface area contributed by atoms with Crippen molar-refractivity contribution < 1.29 is 9.18 Å². The summed E-state index contributed by atoms with van der Waals surface area (Å²) in [7, 11) is 0. The second-order valence-electron chi connectivity index (χ2n) is 6.05. The first-order chi connectivity index (χ1) is 12.0. The summed E-state index contributed by atoms with van der Waals surface area (Å²) >= 11 is 0. The van der Waals surface area contributed by atoms with Crippen LogP contribution < -0.4 is 5.56 Å². The number of carbonyl (C=O) groups is 1. The number of ketones is 1. The van der Waals surface area contributed by atoms with Crippen LogP contribution in [0.25, 0.3) is 0 Å². The van der Waals surface area contributed by atoms with Gasteiger partial charge in [-0.05, 0) is 42.7 Å². The molecule has 0 unspecified atom stereocenters. The van der Waals surface area contributed by atoms with Gasteiger partial charge in [0.05, 0.1) is 6.54 Å². The molecule has 0 spiro atoms. The summed E-state index contributed by atoms with van der Waals surface area (Å²) in [5, 5.41) is 0. The van der Waals surface area contributed by atoms with E-state index < -0.39 is 0 Å². The normalized spacial score (nSPS) is 10.6. The Morgan fingerprint density at radius 1 is 0.960 bits per heavy atom. The van der Waals surface area contributed by atoms with Gasteiger partial charge in [0, 0.05) is 17.3 Å². The number of carbonyl (C=O) groups excluding carboxylic acids is 1. The molecule has 3 rings (SSSR count). The molecule has 0 fully saturated rings. The third-order valence-electron chi connectivity index (χ3n) is 4.12. The molecule has 126 valence electrons. The van der Waals surface area contributed by atoms with E-state index in [1.807, 2.05) is 12.1 Å². The number of benzene rings is 2. The van der Waals surface area contributed by atoms with Crippen molar-refractivity contribution in [1.29, 1.82) is 0 Å². The molecule has 2 aromatic carbocycles. The number of hydrogen-bond donors (Lipinski definition) is 0. The molecule has 25 heavy (non-hydrogen) atoms. The first kappa shape index (κ1) is 16.8. The molecule has 0 amide bonds. The van der Waals surface area contributed by atoms with E-state index in [2.05, 4.69) is 0 Å². The predicted molar refractivity (Wildman–Crippen MR) is 95.4 cm³/mol. The molecular formula is C21H18FNO2. The van der Waals surface area contributed by atoms with Gasteiger partial charge < -0.3 is 4.57 Å². The second-order valence-corrected chi connectivity index (χ2v) is 6.05. The summed E-state index contributed by atoms with van der Waals surface area (Å²) in [6.45, 7) is 1.76. The molecule has 0 aliphatic heterocycles. The quantitative estimate of drug-likeness (QED) is 0.666. The molecule has 0 saturated carbocycles. The fourth-order valence-corrected chi connectivity index (χ4v) is 2.67. The molecule has 4 heteroatoms. The van der Waals surface area contributed by atoms with Gasteiger partial charge in [-0.1, -0.05) is 42.5 Å². The number of aryl methyl sites for hydroxylation is 1. The van der Waals surface area contributed by atoms with Gasteiger partial charge in [0.1, 0.15) is 5.82 Å². The molecule has 0 aliphatic rings. The Hall–Kier alpha value is -3.01. The number of pyridine rings is 1. The largest absolute Gasteiger partial charge is 0.308 e. The zero-order valence-electron chi connectivity index (χ0n) is 13.9. The van der Waals surface area contributed by atoms with Gasteiger partial charge in [-0.25, -0.2) is 4.39 Å². The van der Waals surface area contributed by atoms with Crippen LogP contribution in [0.4, 0.5) is 4.39 Å². The SMILES string of the molecule is Cc1cccn(CC(=O)c2ccc(Cc3ccc(F)cc3)cc2)c1=O. The van der Waals surface area contributed by atoms with Crippen molar-refractivity contribution in [2.24, 2.45) is 0 Å². The van der Waals surface area contributed by atoms with Crippen LogP contribution in [0.5, 0.6) is 0 Å². The number of rotatable bonds is 5. The smallest absolute Gasteiger partial charge is 0.253 e. The summed E-state index contributed by atoms with van der Waals surface area (Å²) in [6, 6.07) is 17.2. The first-order valence-corrected chi connectivity index (χ1v) is 8.05. The molecule has 1 heterocycles. The van der Waals surface area contributed by atoms with Gasteiger partial charge >= 0.3 is 0 Å².